The van der Waals surface area contributed by atoms with Gasteiger partial charge in [-0.15, -0.1) is 0 Å². The average Bonchev–Trinajstić information content (AvgIpc) is 2.98. The van der Waals surface area contributed by atoms with Crippen LogP contribution in [0.5, 0.6) is 0 Å². The summed E-state index contributed by atoms with van der Waals surface area (Å²) < 4.78 is 0. The molecule has 1 unspecified atom stereocenters. The van der Waals surface area contributed by atoms with Crippen molar-refractivity contribution in [3.8, 4) is 0 Å². The first kappa shape index (κ1) is 13.6. The third-order valence-electron chi connectivity index (χ3n) is 5.21. The van der Waals surface area contributed by atoms with E-state index < -0.39 is 0 Å². The van der Waals surface area contributed by atoms with Crippen LogP contribution in [-0.4, -0.2) is 12.0 Å². The summed E-state index contributed by atoms with van der Waals surface area (Å²) in [6.45, 7) is 2.34. The van der Waals surface area contributed by atoms with E-state index in [4.69, 9.17) is 0 Å². The van der Waals surface area contributed by atoms with Gasteiger partial charge >= 0.3 is 0 Å². The lowest BCUT2D eigenvalue weighted by Crippen LogP contribution is -2.34. The molecule has 1 heterocycles. The molecule has 1 aromatic heterocycles. The van der Waals surface area contributed by atoms with Crippen LogP contribution in [0.2, 0.25) is 0 Å². The highest BCUT2D eigenvalue weighted by Gasteiger charge is 2.40. The third kappa shape index (κ3) is 2.12. The van der Waals surface area contributed by atoms with Crippen molar-refractivity contribution in [2.75, 3.05) is 7.05 Å². The summed E-state index contributed by atoms with van der Waals surface area (Å²) in [5.74, 6) is 0. The molecule has 2 heteroatoms. The summed E-state index contributed by atoms with van der Waals surface area (Å²) in [7, 11) is 2.10. The van der Waals surface area contributed by atoms with Crippen LogP contribution >= 0.6 is 0 Å². The maximum atomic E-state index is 4.48. The van der Waals surface area contributed by atoms with E-state index in [2.05, 4.69) is 54.7 Å². The fourth-order valence-corrected chi connectivity index (χ4v) is 4.09. The maximum Gasteiger partial charge on any atom is 0.0396 e. The molecule has 1 aromatic carbocycles. The zero-order chi connectivity index (χ0) is 14.0. The minimum atomic E-state index is 0.403. The molecular weight excluding hydrogens is 244 g/mol. The van der Waals surface area contributed by atoms with Gasteiger partial charge in [0.15, 0.2) is 0 Å². The fraction of sp³-hybridized carbons (Fsp3) is 0.500. The van der Waals surface area contributed by atoms with Crippen LogP contribution in [-0.2, 0) is 0 Å². The highest BCUT2D eigenvalue weighted by Crippen LogP contribution is 2.50. The number of nitrogens with one attached hydrogen (secondary N) is 1. The van der Waals surface area contributed by atoms with Gasteiger partial charge in [-0.2, -0.15) is 0 Å². The van der Waals surface area contributed by atoms with Crippen molar-refractivity contribution in [3.05, 3.63) is 42.2 Å². The van der Waals surface area contributed by atoms with E-state index >= 15 is 0 Å². The van der Waals surface area contributed by atoms with E-state index in [-0.39, 0.29) is 0 Å². The quantitative estimate of drug-likeness (QED) is 0.885. The van der Waals surface area contributed by atoms with Crippen LogP contribution in [0.3, 0.4) is 0 Å². The van der Waals surface area contributed by atoms with E-state index in [9.17, 15) is 0 Å². The van der Waals surface area contributed by atoms with E-state index in [1.54, 1.807) is 0 Å². The van der Waals surface area contributed by atoms with E-state index in [1.165, 1.54) is 48.4 Å². The minimum absolute atomic E-state index is 0.403. The standard InChI is InChI=1S/C18H24N2/c1-3-18(10-6-7-11-18)17(19-2)16-13-20-12-14-8-4-5-9-15(14)16/h4-5,8-9,12-13,17,19H,3,6-7,10-11H2,1-2H3. The lowest BCUT2D eigenvalue weighted by molar-refractivity contribution is 0.196. The summed E-state index contributed by atoms with van der Waals surface area (Å²) in [5, 5.41) is 6.20. The minimum Gasteiger partial charge on any atom is -0.312 e. The number of aromatic nitrogens is 1. The average molecular weight is 268 g/mol. The monoisotopic (exact) mass is 268 g/mol. The zero-order valence-electron chi connectivity index (χ0n) is 12.5. The van der Waals surface area contributed by atoms with Crippen LogP contribution in [0.1, 0.15) is 50.6 Å². The largest absolute Gasteiger partial charge is 0.312 e. The summed E-state index contributed by atoms with van der Waals surface area (Å²) in [4.78, 5) is 4.48. The molecule has 2 aromatic rings. The van der Waals surface area contributed by atoms with Crippen molar-refractivity contribution in [2.24, 2.45) is 5.41 Å². The molecule has 1 aliphatic rings. The Kier molecular flexibility index (Phi) is 3.75. The first-order valence-electron chi connectivity index (χ1n) is 7.80. The van der Waals surface area contributed by atoms with Crippen molar-refractivity contribution in [2.45, 2.75) is 45.1 Å². The molecule has 1 saturated carbocycles. The Bertz CT molecular complexity index is 579. The van der Waals surface area contributed by atoms with Gasteiger partial charge in [-0.05, 0) is 42.7 Å². The van der Waals surface area contributed by atoms with Gasteiger partial charge < -0.3 is 5.32 Å². The highest BCUT2D eigenvalue weighted by molar-refractivity contribution is 5.85. The molecule has 106 valence electrons. The molecule has 1 N–H and O–H groups in total. The molecule has 2 nitrogen and oxygen atoms in total. The Morgan fingerprint density at radius 3 is 2.65 bits per heavy atom. The van der Waals surface area contributed by atoms with E-state index in [1.807, 2.05) is 6.20 Å². The van der Waals surface area contributed by atoms with Crippen LogP contribution in [0, 0.1) is 5.41 Å². The molecule has 20 heavy (non-hydrogen) atoms. The summed E-state index contributed by atoms with van der Waals surface area (Å²) in [6, 6.07) is 9.02. The van der Waals surface area contributed by atoms with Crippen molar-refractivity contribution in [1.82, 2.24) is 10.3 Å². The van der Waals surface area contributed by atoms with Crippen molar-refractivity contribution in [1.29, 1.82) is 0 Å². The molecule has 0 aliphatic heterocycles. The first-order valence-corrected chi connectivity index (χ1v) is 7.80. The van der Waals surface area contributed by atoms with Crippen LogP contribution in [0.15, 0.2) is 36.7 Å². The predicted molar refractivity (Wildman–Crippen MR) is 84.7 cm³/mol. The molecule has 0 radical (unpaired) electrons. The number of nitrogens with zero attached hydrogens (tertiary/aromatic N) is 1. The second-order valence-electron chi connectivity index (χ2n) is 6.09. The number of benzene rings is 1. The molecule has 1 aliphatic carbocycles. The summed E-state index contributed by atoms with van der Waals surface area (Å²) >= 11 is 0. The van der Waals surface area contributed by atoms with Crippen molar-refractivity contribution in [3.63, 3.8) is 0 Å². The number of hydrogen-bond acceptors (Lipinski definition) is 2. The number of fused-ring (bicyclic) bond motifs is 1. The lowest BCUT2D eigenvalue weighted by atomic mass is 9.73. The highest BCUT2D eigenvalue weighted by atomic mass is 14.9. The Morgan fingerprint density at radius 2 is 1.95 bits per heavy atom. The number of pyridine rings is 1. The fourth-order valence-electron chi connectivity index (χ4n) is 4.09. The van der Waals surface area contributed by atoms with Gasteiger partial charge in [-0.1, -0.05) is 44.0 Å². The second kappa shape index (κ2) is 5.53. The van der Waals surface area contributed by atoms with E-state index in [0.29, 0.717) is 11.5 Å². The van der Waals surface area contributed by atoms with Gasteiger partial charge in [0.2, 0.25) is 0 Å². The molecular formula is C18H24N2. The van der Waals surface area contributed by atoms with Crippen molar-refractivity contribution >= 4 is 10.8 Å². The van der Waals surface area contributed by atoms with Gasteiger partial charge in [-0.25, -0.2) is 0 Å². The second-order valence-corrected chi connectivity index (χ2v) is 6.09. The Hall–Kier alpha value is -1.41. The van der Waals surface area contributed by atoms with Gasteiger partial charge in [0.05, 0.1) is 0 Å². The van der Waals surface area contributed by atoms with E-state index in [0.717, 1.165) is 0 Å². The Labute approximate surface area is 121 Å². The SMILES string of the molecule is CCC1(C(NC)c2cncc3ccccc23)CCCC1. The Balaban J connectivity index is 2.12. The van der Waals surface area contributed by atoms with Gasteiger partial charge in [-0.3, -0.25) is 4.98 Å². The van der Waals surface area contributed by atoms with Gasteiger partial charge in [0.25, 0.3) is 0 Å². The molecule has 0 spiro atoms. The third-order valence-corrected chi connectivity index (χ3v) is 5.21. The normalized spacial score (nSPS) is 19.3. The summed E-state index contributed by atoms with van der Waals surface area (Å²) in [5.41, 5.74) is 1.77. The Morgan fingerprint density at radius 1 is 1.20 bits per heavy atom. The molecule has 0 bridgehead atoms. The van der Waals surface area contributed by atoms with Crippen LogP contribution in [0.25, 0.3) is 10.8 Å². The molecule has 3 rings (SSSR count). The predicted octanol–water partition coefficient (Wildman–Crippen LogP) is 4.47. The van der Waals surface area contributed by atoms with Gasteiger partial charge in [0.1, 0.15) is 0 Å². The van der Waals surface area contributed by atoms with Gasteiger partial charge in [0, 0.05) is 23.8 Å². The lowest BCUT2D eigenvalue weighted by Gasteiger charge is -2.37. The molecule has 1 fully saturated rings. The zero-order valence-corrected chi connectivity index (χ0v) is 12.5. The first-order chi connectivity index (χ1) is 9.80. The molecule has 0 amide bonds. The summed E-state index contributed by atoms with van der Waals surface area (Å²) in [6.07, 6.45) is 10.7. The maximum absolute atomic E-state index is 4.48. The van der Waals surface area contributed by atoms with Crippen LogP contribution in [0.4, 0.5) is 0 Å². The number of hydrogen-bond donors (Lipinski definition) is 1. The van der Waals surface area contributed by atoms with Crippen LogP contribution < -0.4 is 5.32 Å². The topological polar surface area (TPSA) is 24.9 Å². The molecule has 1 atom stereocenters. The molecule has 0 saturated heterocycles. The van der Waals surface area contributed by atoms with Crippen molar-refractivity contribution < 1.29 is 0 Å². The smallest absolute Gasteiger partial charge is 0.0396 e. The number of rotatable bonds is 4.